The highest BCUT2D eigenvalue weighted by Gasteiger charge is 2.24. The molecule has 1 aliphatic heterocycles. The van der Waals surface area contributed by atoms with E-state index in [0.29, 0.717) is 12.9 Å². The molecule has 1 heterocycles. The van der Waals surface area contributed by atoms with Crippen molar-refractivity contribution in [3.05, 3.63) is 0 Å². The molecule has 0 aromatic rings. The van der Waals surface area contributed by atoms with E-state index in [9.17, 15) is 0 Å². The van der Waals surface area contributed by atoms with Gasteiger partial charge in [-0.15, -0.1) is 0 Å². The lowest BCUT2D eigenvalue weighted by Crippen LogP contribution is -2.20. The molecule has 2 aliphatic rings. The summed E-state index contributed by atoms with van der Waals surface area (Å²) in [5.41, 5.74) is 0. The van der Waals surface area contributed by atoms with Crippen LogP contribution >= 0.6 is 0 Å². The van der Waals surface area contributed by atoms with Crippen molar-refractivity contribution in [2.45, 2.75) is 31.8 Å². The summed E-state index contributed by atoms with van der Waals surface area (Å²) in [4.78, 5) is 0. The first-order chi connectivity index (χ1) is 4.95. The van der Waals surface area contributed by atoms with Gasteiger partial charge in [-0.3, -0.25) is 0 Å². The average molecular weight is 142 g/mol. The minimum atomic E-state index is 0.515. The topological polar surface area (TPSA) is 18.5 Å². The molecule has 2 atom stereocenters. The predicted molar refractivity (Wildman–Crippen MR) is 37.7 cm³/mol. The van der Waals surface area contributed by atoms with Gasteiger partial charge >= 0.3 is 0 Å². The Morgan fingerprint density at radius 3 is 3.20 bits per heavy atom. The molecule has 0 aromatic carbocycles. The molecular formula is C8H14O2. The number of rotatable bonds is 0. The first-order valence-electron chi connectivity index (χ1n) is 4.14. The number of ether oxygens (including phenoxy) is 2. The van der Waals surface area contributed by atoms with E-state index in [4.69, 9.17) is 9.47 Å². The van der Waals surface area contributed by atoms with Gasteiger partial charge in [-0.05, 0) is 25.2 Å². The van der Waals surface area contributed by atoms with Gasteiger partial charge in [-0.1, -0.05) is 6.42 Å². The van der Waals surface area contributed by atoms with Crippen molar-refractivity contribution >= 4 is 0 Å². The zero-order chi connectivity index (χ0) is 6.81. The Bertz CT molecular complexity index is 102. The molecule has 2 fully saturated rings. The molecule has 1 saturated heterocycles. The van der Waals surface area contributed by atoms with Gasteiger partial charge < -0.3 is 9.47 Å². The number of fused-ring (bicyclic) bond motifs is 2. The lowest BCUT2D eigenvalue weighted by molar-refractivity contribution is -0.0680. The Morgan fingerprint density at radius 1 is 1.20 bits per heavy atom. The third-order valence-electron chi connectivity index (χ3n) is 2.48. The van der Waals surface area contributed by atoms with Crippen LogP contribution < -0.4 is 0 Å². The zero-order valence-electron chi connectivity index (χ0n) is 6.21. The van der Waals surface area contributed by atoms with Crippen molar-refractivity contribution in [2.24, 2.45) is 5.92 Å². The van der Waals surface area contributed by atoms with Crippen molar-refractivity contribution in [2.75, 3.05) is 13.4 Å². The van der Waals surface area contributed by atoms with Crippen LogP contribution in [0.3, 0.4) is 0 Å². The Labute approximate surface area is 61.5 Å². The van der Waals surface area contributed by atoms with Crippen LogP contribution in [0, 0.1) is 5.92 Å². The smallest absolute Gasteiger partial charge is 0.147 e. The largest absolute Gasteiger partial charge is 0.355 e. The van der Waals surface area contributed by atoms with Gasteiger partial charge in [-0.2, -0.15) is 0 Å². The van der Waals surface area contributed by atoms with Gasteiger partial charge in [0.1, 0.15) is 6.79 Å². The Balaban J connectivity index is 1.96. The quantitative estimate of drug-likeness (QED) is 0.511. The number of hydrogen-bond donors (Lipinski definition) is 0. The molecule has 58 valence electrons. The first-order valence-corrected chi connectivity index (χ1v) is 4.14. The highest BCUT2D eigenvalue weighted by atomic mass is 16.7. The molecule has 2 heteroatoms. The Hall–Kier alpha value is -0.0800. The summed E-state index contributed by atoms with van der Waals surface area (Å²) in [6.07, 6.45) is 5.68. The van der Waals surface area contributed by atoms with Gasteiger partial charge in [0, 0.05) is 0 Å². The fourth-order valence-corrected chi connectivity index (χ4v) is 1.90. The van der Waals surface area contributed by atoms with Crippen molar-refractivity contribution in [3.8, 4) is 0 Å². The fraction of sp³-hybridized carbons (Fsp3) is 1.00. The van der Waals surface area contributed by atoms with Crippen molar-refractivity contribution in [1.82, 2.24) is 0 Å². The van der Waals surface area contributed by atoms with Crippen molar-refractivity contribution in [3.63, 3.8) is 0 Å². The van der Waals surface area contributed by atoms with Crippen molar-refractivity contribution in [1.29, 1.82) is 0 Å². The average Bonchev–Trinajstić information content (AvgIpc) is 2.12. The van der Waals surface area contributed by atoms with Crippen LogP contribution in [-0.2, 0) is 9.47 Å². The van der Waals surface area contributed by atoms with Gasteiger partial charge in [-0.25, -0.2) is 0 Å². The second-order valence-electron chi connectivity index (χ2n) is 3.31. The molecule has 10 heavy (non-hydrogen) atoms. The van der Waals surface area contributed by atoms with E-state index in [-0.39, 0.29) is 0 Å². The van der Waals surface area contributed by atoms with E-state index in [1.165, 1.54) is 25.7 Å². The molecule has 2 bridgehead atoms. The van der Waals surface area contributed by atoms with Crippen LogP contribution in [-0.4, -0.2) is 19.5 Å². The van der Waals surface area contributed by atoms with Gasteiger partial charge in [0.05, 0.1) is 12.7 Å². The maximum atomic E-state index is 5.45. The molecule has 0 N–H and O–H groups in total. The van der Waals surface area contributed by atoms with Crippen LogP contribution in [0.15, 0.2) is 0 Å². The Morgan fingerprint density at radius 2 is 2.20 bits per heavy atom. The second kappa shape index (κ2) is 2.89. The van der Waals surface area contributed by atoms with E-state index in [2.05, 4.69) is 0 Å². The molecule has 2 rings (SSSR count). The van der Waals surface area contributed by atoms with Crippen LogP contribution in [0.25, 0.3) is 0 Å². The minimum absolute atomic E-state index is 0.515. The van der Waals surface area contributed by atoms with Crippen molar-refractivity contribution < 1.29 is 9.47 Å². The highest BCUT2D eigenvalue weighted by Crippen LogP contribution is 2.28. The van der Waals surface area contributed by atoms with Crippen LogP contribution in [0.1, 0.15) is 25.7 Å². The van der Waals surface area contributed by atoms with Gasteiger partial charge in [0.25, 0.3) is 0 Å². The fourth-order valence-electron chi connectivity index (χ4n) is 1.90. The van der Waals surface area contributed by atoms with Crippen LogP contribution in [0.4, 0.5) is 0 Å². The summed E-state index contributed by atoms with van der Waals surface area (Å²) >= 11 is 0. The van der Waals surface area contributed by atoms with Crippen LogP contribution in [0.2, 0.25) is 0 Å². The molecule has 2 unspecified atom stereocenters. The lowest BCUT2D eigenvalue weighted by atomic mass is 9.88. The molecule has 2 nitrogen and oxygen atoms in total. The van der Waals surface area contributed by atoms with E-state index >= 15 is 0 Å². The van der Waals surface area contributed by atoms with Gasteiger partial charge in [0.15, 0.2) is 0 Å². The van der Waals surface area contributed by atoms with E-state index in [1.54, 1.807) is 0 Å². The van der Waals surface area contributed by atoms with E-state index in [1.807, 2.05) is 0 Å². The summed E-state index contributed by atoms with van der Waals surface area (Å²) in [6, 6.07) is 0. The summed E-state index contributed by atoms with van der Waals surface area (Å²) in [6.45, 7) is 1.46. The summed E-state index contributed by atoms with van der Waals surface area (Å²) in [5.74, 6) is 0.793. The standard InChI is InChI=1S/C8H14O2/c1-2-7-4-8(3-1)10-6-9-5-7/h7-8H,1-6H2. The number of hydrogen-bond acceptors (Lipinski definition) is 2. The molecule has 0 radical (unpaired) electrons. The minimum Gasteiger partial charge on any atom is -0.355 e. The predicted octanol–water partition coefficient (Wildman–Crippen LogP) is 1.55. The molecule has 0 amide bonds. The maximum absolute atomic E-state index is 5.45. The van der Waals surface area contributed by atoms with Crippen LogP contribution in [0.5, 0.6) is 0 Å². The molecular weight excluding hydrogens is 128 g/mol. The summed E-state index contributed by atoms with van der Waals surface area (Å²) in [7, 11) is 0. The Kier molecular flexibility index (Phi) is 1.91. The lowest BCUT2D eigenvalue weighted by Gasteiger charge is -2.23. The van der Waals surface area contributed by atoms with E-state index in [0.717, 1.165) is 12.5 Å². The zero-order valence-corrected chi connectivity index (χ0v) is 6.21. The molecule has 1 aliphatic carbocycles. The van der Waals surface area contributed by atoms with Gasteiger partial charge in [0.2, 0.25) is 0 Å². The molecule has 1 saturated carbocycles. The summed E-state index contributed by atoms with van der Waals surface area (Å²) < 4.78 is 10.7. The monoisotopic (exact) mass is 142 g/mol. The third-order valence-corrected chi connectivity index (χ3v) is 2.48. The summed E-state index contributed by atoms with van der Waals surface area (Å²) in [5, 5.41) is 0. The molecule has 0 aromatic heterocycles. The highest BCUT2D eigenvalue weighted by molar-refractivity contribution is 4.74. The second-order valence-corrected chi connectivity index (χ2v) is 3.31. The third kappa shape index (κ3) is 1.32. The van der Waals surface area contributed by atoms with E-state index < -0.39 is 0 Å². The normalized spacial score (nSPS) is 40.8. The molecule has 0 spiro atoms. The first kappa shape index (κ1) is 6.62. The SMILES string of the molecule is C1CC2COCOC(C1)C2. The maximum Gasteiger partial charge on any atom is 0.147 e.